The molecule has 2 unspecified atom stereocenters. The predicted octanol–water partition coefficient (Wildman–Crippen LogP) is 1.88. The first kappa shape index (κ1) is 15.5. The lowest BCUT2D eigenvalue weighted by Crippen LogP contribution is -2.46. The average Bonchev–Trinajstić information content (AvgIpc) is 2.45. The number of carbonyl (C=O) groups is 1. The summed E-state index contributed by atoms with van der Waals surface area (Å²) in [5, 5.41) is 3.00. The molecule has 0 bridgehead atoms. The van der Waals surface area contributed by atoms with Crippen LogP contribution >= 0.6 is 0 Å². The van der Waals surface area contributed by atoms with Gasteiger partial charge in [0, 0.05) is 25.3 Å². The van der Waals surface area contributed by atoms with Crippen molar-refractivity contribution < 1.29 is 4.79 Å². The molecule has 3 N–H and O–H groups in total. The van der Waals surface area contributed by atoms with E-state index in [0.717, 1.165) is 17.7 Å². The van der Waals surface area contributed by atoms with E-state index >= 15 is 0 Å². The molecule has 1 amide bonds. The Morgan fingerprint density at radius 1 is 1.42 bits per heavy atom. The average molecular weight is 263 g/mol. The molecule has 0 heterocycles. The van der Waals surface area contributed by atoms with Crippen molar-refractivity contribution in [2.75, 3.05) is 11.9 Å². The predicted molar refractivity (Wildman–Crippen MR) is 80.1 cm³/mol. The van der Waals surface area contributed by atoms with Gasteiger partial charge in [-0.3, -0.25) is 4.79 Å². The van der Waals surface area contributed by atoms with Crippen LogP contribution in [0.3, 0.4) is 0 Å². The van der Waals surface area contributed by atoms with Gasteiger partial charge < -0.3 is 16.0 Å². The lowest BCUT2D eigenvalue weighted by atomic mass is 10.1. The number of rotatable bonds is 6. The Bertz CT molecular complexity index is 420. The molecule has 1 rings (SSSR count). The molecule has 1 aromatic carbocycles. The summed E-state index contributed by atoms with van der Waals surface area (Å²) in [7, 11) is 1.93. The van der Waals surface area contributed by atoms with E-state index in [1.807, 2.05) is 50.1 Å². The molecule has 0 aliphatic carbocycles. The number of benzene rings is 1. The van der Waals surface area contributed by atoms with Crippen LogP contribution in [0.5, 0.6) is 0 Å². The van der Waals surface area contributed by atoms with Crippen LogP contribution in [-0.2, 0) is 11.3 Å². The van der Waals surface area contributed by atoms with Gasteiger partial charge in [-0.25, -0.2) is 0 Å². The first-order valence-electron chi connectivity index (χ1n) is 6.81. The molecular weight excluding hydrogens is 238 g/mol. The topological polar surface area (TPSA) is 58.4 Å². The maximum atomic E-state index is 12.1. The monoisotopic (exact) mass is 263 g/mol. The molecule has 4 heteroatoms. The van der Waals surface area contributed by atoms with Crippen LogP contribution in [0.1, 0.15) is 32.8 Å². The SMILES string of the molecule is CCC(C)NC(=O)C(C)N(C)c1cccc(CN)c1. The number of likely N-dealkylation sites (N-methyl/N-ethyl adjacent to an activating group) is 1. The van der Waals surface area contributed by atoms with Gasteiger partial charge in [0.15, 0.2) is 0 Å². The minimum Gasteiger partial charge on any atom is -0.363 e. The number of hydrogen-bond acceptors (Lipinski definition) is 3. The van der Waals surface area contributed by atoms with Crippen molar-refractivity contribution in [3.8, 4) is 0 Å². The van der Waals surface area contributed by atoms with E-state index < -0.39 is 0 Å². The molecule has 0 aromatic heterocycles. The molecule has 4 nitrogen and oxygen atoms in total. The Kier molecular flexibility index (Phi) is 5.83. The standard InChI is InChI=1S/C15H25N3O/c1-5-11(2)17-15(19)12(3)18(4)14-8-6-7-13(9-14)10-16/h6-9,11-12H,5,10,16H2,1-4H3,(H,17,19). The van der Waals surface area contributed by atoms with Gasteiger partial charge >= 0.3 is 0 Å². The number of nitrogens with zero attached hydrogens (tertiary/aromatic N) is 1. The Morgan fingerprint density at radius 2 is 2.11 bits per heavy atom. The zero-order chi connectivity index (χ0) is 14.4. The van der Waals surface area contributed by atoms with Crippen molar-refractivity contribution in [3.63, 3.8) is 0 Å². The van der Waals surface area contributed by atoms with E-state index in [1.54, 1.807) is 0 Å². The first-order chi connectivity index (χ1) is 8.99. The Hall–Kier alpha value is -1.55. The van der Waals surface area contributed by atoms with Crippen molar-refractivity contribution in [1.29, 1.82) is 0 Å². The lowest BCUT2D eigenvalue weighted by molar-refractivity contribution is -0.122. The second-order valence-electron chi connectivity index (χ2n) is 4.98. The molecule has 0 fully saturated rings. The molecule has 0 saturated carbocycles. The van der Waals surface area contributed by atoms with Gasteiger partial charge in [0.05, 0.1) is 0 Å². The van der Waals surface area contributed by atoms with Crippen LogP contribution < -0.4 is 16.0 Å². The third-order valence-electron chi connectivity index (χ3n) is 3.51. The molecule has 2 atom stereocenters. The van der Waals surface area contributed by atoms with E-state index in [-0.39, 0.29) is 18.0 Å². The number of nitrogens with one attached hydrogen (secondary N) is 1. The highest BCUT2D eigenvalue weighted by molar-refractivity contribution is 5.84. The molecular formula is C15H25N3O. The van der Waals surface area contributed by atoms with Crippen molar-refractivity contribution >= 4 is 11.6 Å². The van der Waals surface area contributed by atoms with Crippen molar-refractivity contribution in [2.24, 2.45) is 5.73 Å². The number of amides is 1. The summed E-state index contributed by atoms with van der Waals surface area (Å²) >= 11 is 0. The van der Waals surface area contributed by atoms with Crippen molar-refractivity contribution in [3.05, 3.63) is 29.8 Å². The zero-order valence-electron chi connectivity index (χ0n) is 12.3. The highest BCUT2D eigenvalue weighted by Crippen LogP contribution is 2.17. The van der Waals surface area contributed by atoms with Gasteiger partial charge in [0.2, 0.25) is 5.91 Å². The van der Waals surface area contributed by atoms with E-state index in [0.29, 0.717) is 6.54 Å². The van der Waals surface area contributed by atoms with Gasteiger partial charge in [0.1, 0.15) is 6.04 Å². The summed E-state index contributed by atoms with van der Waals surface area (Å²) < 4.78 is 0. The van der Waals surface area contributed by atoms with Gasteiger partial charge in [-0.15, -0.1) is 0 Å². The summed E-state index contributed by atoms with van der Waals surface area (Å²) in [5.41, 5.74) is 7.72. The number of hydrogen-bond donors (Lipinski definition) is 2. The van der Waals surface area contributed by atoms with Crippen LogP contribution in [0.15, 0.2) is 24.3 Å². The number of carbonyl (C=O) groups excluding carboxylic acids is 1. The summed E-state index contributed by atoms with van der Waals surface area (Å²) in [6.07, 6.45) is 0.935. The summed E-state index contributed by atoms with van der Waals surface area (Å²) in [6, 6.07) is 7.97. The Balaban J connectivity index is 2.75. The largest absolute Gasteiger partial charge is 0.363 e. The Labute approximate surface area is 116 Å². The third kappa shape index (κ3) is 4.24. The fourth-order valence-corrected chi connectivity index (χ4v) is 1.77. The molecule has 0 saturated heterocycles. The fraction of sp³-hybridized carbons (Fsp3) is 0.533. The number of anilines is 1. The first-order valence-corrected chi connectivity index (χ1v) is 6.81. The molecule has 0 aliphatic rings. The highest BCUT2D eigenvalue weighted by Gasteiger charge is 2.19. The molecule has 0 aliphatic heterocycles. The third-order valence-corrected chi connectivity index (χ3v) is 3.51. The van der Waals surface area contributed by atoms with E-state index in [2.05, 4.69) is 12.2 Å². The van der Waals surface area contributed by atoms with Gasteiger partial charge in [-0.2, -0.15) is 0 Å². The van der Waals surface area contributed by atoms with Crippen LogP contribution in [0.4, 0.5) is 5.69 Å². The molecule has 19 heavy (non-hydrogen) atoms. The van der Waals surface area contributed by atoms with E-state index in [9.17, 15) is 4.79 Å². The maximum Gasteiger partial charge on any atom is 0.242 e. The maximum absolute atomic E-state index is 12.1. The van der Waals surface area contributed by atoms with Gasteiger partial charge in [-0.1, -0.05) is 19.1 Å². The minimum absolute atomic E-state index is 0.0509. The Morgan fingerprint density at radius 3 is 2.68 bits per heavy atom. The zero-order valence-corrected chi connectivity index (χ0v) is 12.3. The van der Waals surface area contributed by atoms with Gasteiger partial charge in [-0.05, 0) is 38.0 Å². The summed E-state index contributed by atoms with van der Waals surface area (Å²) in [4.78, 5) is 14.1. The quantitative estimate of drug-likeness (QED) is 0.824. The lowest BCUT2D eigenvalue weighted by Gasteiger charge is -2.27. The number of nitrogens with two attached hydrogens (primary N) is 1. The van der Waals surface area contributed by atoms with Crippen molar-refractivity contribution in [1.82, 2.24) is 5.32 Å². The van der Waals surface area contributed by atoms with Crippen LogP contribution in [0, 0.1) is 0 Å². The van der Waals surface area contributed by atoms with Crippen LogP contribution in [0.25, 0.3) is 0 Å². The molecule has 0 spiro atoms. The summed E-state index contributed by atoms with van der Waals surface area (Å²) in [6.45, 7) is 6.49. The second kappa shape index (κ2) is 7.14. The fourth-order valence-electron chi connectivity index (χ4n) is 1.77. The molecule has 106 valence electrons. The van der Waals surface area contributed by atoms with E-state index in [1.165, 1.54) is 0 Å². The second-order valence-corrected chi connectivity index (χ2v) is 4.98. The minimum atomic E-state index is -0.206. The smallest absolute Gasteiger partial charge is 0.242 e. The normalized spacial score (nSPS) is 13.7. The molecule has 0 radical (unpaired) electrons. The van der Waals surface area contributed by atoms with E-state index in [4.69, 9.17) is 5.73 Å². The highest BCUT2D eigenvalue weighted by atomic mass is 16.2. The van der Waals surface area contributed by atoms with Crippen molar-refractivity contribution in [2.45, 2.75) is 45.8 Å². The summed E-state index contributed by atoms with van der Waals surface area (Å²) in [5.74, 6) is 0.0509. The molecule has 1 aromatic rings. The van der Waals surface area contributed by atoms with Crippen LogP contribution in [0.2, 0.25) is 0 Å². The van der Waals surface area contributed by atoms with Crippen LogP contribution in [-0.4, -0.2) is 25.0 Å². The van der Waals surface area contributed by atoms with Gasteiger partial charge in [0.25, 0.3) is 0 Å².